The van der Waals surface area contributed by atoms with Gasteiger partial charge in [0.1, 0.15) is 0 Å². The highest BCUT2D eigenvalue weighted by molar-refractivity contribution is 7.87. The largest absolute Gasteiger partial charge is 0.279 e. The molecule has 0 saturated carbocycles. The Bertz CT molecular complexity index is 567. The second-order valence-corrected chi connectivity index (χ2v) is 6.70. The maximum Gasteiger partial charge on any atom is 0.279 e. The summed E-state index contributed by atoms with van der Waals surface area (Å²) in [5.41, 5.74) is 1.42. The van der Waals surface area contributed by atoms with Crippen molar-refractivity contribution in [1.29, 1.82) is 5.26 Å². The molecule has 1 N–H and O–H groups in total. The van der Waals surface area contributed by atoms with Crippen LogP contribution in [0.3, 0.4) is 0 Å². The van der Waals surface area contributed by atoms with Crippen LogP contribution in [0.15, 0.2) is 24.3 Å². The van der Waals surface area contributed by atoms with Crippen LogP contribution < -0.4 is 4.72 Å². The van der Waals surface area contributed by atoms with Crippen molar-refractivity contribution in [3.05, 3.63) is 35.4 Å². The highest BCUT2D eigenvalue weighted by atomic mass is 32.2. The normalized spacial score (nSPS) is 17.4. The summed E-state index contributed by atoms with van der Waals surface area (Å²) in [6.07, 6.45) is 4.05. The van der Waals surface area contributed by atoms with E-state index in [1.807, 2.05) is 6.07 Å². The minimum absolute atomic E-state index is 0.255. The number of nitrogens with one attached hydrogen (secondary N) is 1. The van der Waals surface area contributed by atoms with E-state index in [2.05, 4.69) is 4.72 Å². The summed E-state index contributed by atoms with van der Waals surface area (Å²) >= 11 is 0. The number of nitriles is 1. The van der Waals surface area contributed by atoms with Crippen molar-refractivity contribution in [3.63, 3.8) is 0 Å². The number of nitrogens with zero attached hydrogens (tertiary/aromatic N) is 2. The molecule has 2 rings (SSSR count). The van der Waals surface area contributed by atoms with Gasteiger partial charge in [-0.25, -0.2) is 0 Å². The van der Waals surface area contributed by atoms with E-state index >= 15 is 0 Å². The number of benzene rings is 1. The number of hydrogen-bond donors (Lipinski definition) is 1. The standard InChI is InChI=1S/C14H19N3O2S/c15-11-13-5-7-14(8-6-13)12-16-20(18,19)17-9-3-1-2-4-10-17/h5-8,16H,1-4,9-10,12H2. The SMILES string of the molecule is N#Cc1ccc(CNS(=O)(=O)N2CCCCCC2)cc1. The molecule has 0 spiro atoms. The van der Waals surface area contributed by atoms with Crippen LogP contribution in [0.4, 0.5) is 0 Å². The zero-order valence-corrected chi connectivity index (χ0v) is 12.2. The van der Waals surface area contributed by atoms with Crippen molar-refractivity contribution in [2.75, 3.05) is 13.1 Å². The summed E-state index contributed by atoms with van der Waals surface area (Å²) in [5, 5.41) is 8.72. The van der Waals surface area contributed by atoms with Crippen LogP contribution in [0.2, 0.25) is 0 Å². The zero-order valence-electron chi connectivity index (χ0n) is 11.4. The fraction of sp³-hybridized carbons (Fsp3) is 0.500. The van der Waals surface area contributed by atoms with Gasteiger partial charge in [-0.1, -0.05) is 25.0 Å². The Morgan fingerprint density at radius 2 is 1.70 bits per heavy atom. The van der Waals surface area contributed by atoms with E-state index in [1.165, 1.54) is 4.31 Å². The van der Waals surface area contributed by atoms with Crippen molar-refractivity contribution >= 4 is 10.2 Å². The lowest BCUT2D eigenvalue weighted by Crippen LogP contribution is -2.40. The summed E-state index contributed by atoms with van der Waals surface area (Å²) in [4.78, 5) is 0. The predicted molar refractivity (Wildman–Crippen MR) is 77.0 cm³/mol. The van der Waals surface area contributed by atoms with Gasteiger partial charge in [0.25, 0.3) is 10.2 Å². The summed E-state index contributed by atoms with van der Waals surface area (Å²) in [5.74, 6) is 0. The zero-order chi connectivity index (χ0) is 14.4. The van der Waals surface area contributed by atoms with Crippen molar-refractivity contribution < 1.29 is 8.42 Å². The second kappa shape index (κ2) is 6.84. The average molecular weight is 293 g/mol. The van der Waals surface area contributed by atoms with Gasteiger partial charge in [-0.2, -0.15) is 22.7 Å². The first-order chi connectivity index (χ1) is 9.62. The third-order valence-electron chi connectivity index (χ3n) is 3.45. The predicted octanol–water partition coefficient (Wildman–Crippen LogP) is 1.77. The molecule has 1 fully saturated rings. The Hall–Kier alpha value is -1.42. The lowest BCUT2D eigenvalue weighted by atomic mass is 10.1. The molecule has 5 nitrogen and oxygen atoms in total. The van der Waals surface area contributed by atoms with E-state index in [0.29, 0.717) is 18.7 Å². The summed E-state index contributed by atoms with van der Waals surface area (Å²) in [6.45, 7) is 1.45. The quantitative estimate of drug-likeness (QED) is 0.919. The first-order valence-corrected chi connectivity index (χ1v) is 8.29. The molecular weight excluding hydrogens is 274 g/mol. The van der Waals surface area contributed by atoms with E-state index in [1.54, 1.807) is 24.3 Å². The van der Waals surface area contributed by atoms with E-state index in [-0.39, 0.29) is 6.54 Å². The van der Waals surface area contributed by atoms with Gasteiger partial charge in [0.15, 0.2) is 0 Å². The van der Waals surface area contributed by atoms with E-state index in [0.717, 1.165) is 31.2 Å². The van der Waals surface area contributed by atoms with Crippen LogP contribution in [0, 0.1) is 11.3 Å². The summed E-state index contributed by atoms with van der Waals surface area (Å²) in [7, 11) is -3.40. The minimum Gasteiger partial charge on any atom is -0.198 e. The molecule has 0 unspecified atom stereocenters. The fourth-order valence-corrected chi connectivity index (χ4v) is 3.52. The van der Waals surface area contributed by atoms with Crippen molar-refractivity contribution in [1.82, 2.24) is 9.03 Å². The Balaban J connectivity index is 1.95. The van der Waals surface area contributed by atoms with E-state index < -0.39 is 10.2 Å². The molecule has 1 aromatic carbocycles. The van der Waals surface area contributed by atoms with Gasteiger partial charge >= 0.3 is 0 Å². The molecule has 1 aromatic rings. The average Bonchev–Trinajstić information content (AvgIpc) is 2.75. The molecule has 0 aliphatic carbocycles. The number of hydrogen-bond acceptors (Lipinski definition) is 3. The number of rotatable bonds is 4. The van der Waals surface area contributed by atoms with Crippen molar-refractivity contribution in [2.24, 2.45) is 0 Å². The maximum absolute atomic E-state index is 12.2. The van der Waals surface area contributed by atoms with Crippen LogP contribution in [0.1, 0.15) is 36.8 Å². The smallest absolute Gasteiger partial charge is 0.198 e. The second-order valence-electron chi connectivity index (χ2n) is 4.95. The lowest BCUT2D eigenvalue weighted by Gasteiger charge is -2.20. The van der Waals surface area contributed by atoms with Gasteiger partial charge in [0, 0.05) is 19.6 Å². The van der Waals surface area contributed by atoms with Crippen LogP contribution in [-0.2, 0) is 16.8 Å². The molecule has 6 heteroatoms. The summed E-state index contributed by atoms with van der Waals surface area (Å²) < 4.78 is 28.6. The first-order valence-electron chi connectivity index (χ1n) is 6.85. The minimum atomic E-state index is -3.40. The molecular formula is C14H19N3O2S. The van der Waals surface area contributed by atoms with E-state index in [4.69, 9.17) is 5.26 Å². The highest BCUT2D eigenvalue weighted by Gasteiger charge is 2.22. The first kappa shape index (κ1) is 15.0. The molecule has 108 valence electrons. The third-order valence-corrected chi connectivity index (χ3v) is 5.00. The summed E-state index contributed by atoms with van der Waals surface area (Å²) in [6, 6.07) is 8.95. The molecule has 0 bridgehead atoms. The maximum atomic E-state index is 12.2. The molecule has 20 heavy (non-hydrogen) atoms. The molecule has 1 aliphatic heterocycles. The molecule has 0 radical (unpaired) electrons. The van der Waals surface area contributed by atoms with Gasteiger partial charge in [-0.3, -0.25) is 0 Å². The van der Waals surface area contributed by atoms with Crippen LogP contribution in [0.5, 0.6) is 0 Å². The van der Waals surface area contributed by atoms with Crippen molar-refractivity contribution in [2.45, 2.75) is 32.2 Å². The topological polar surface area (TPSA) is 73.2 Å². The van der Waals surface area contributed by atoms with Gasteiger partial charge in [0.2, 0.25) is 0 Å². The molecule has 1 saturated heterocycles. The van der Waals surface area contributed by atoms with Crippen molar-refractivity contribution in [3.8, 4) is 6.07 Å². The van der Waals surface area contributed by atoms with Gasteiger partial charge in [-0.05, 0) is 30.5 Å². The molecule has 0 atom stereocenters. The lowest BCUT2D eigenvalue weighted by molar-refractivity contribution is 0.414. The molecule has 1 heterocycles. The van der Waals surface area contributed by atoms with E-state index in [9.17, 15) is 8.42 Å². The molecule has 1 aliphatic rings. The fourth-order valence-electron chi connectivity index (χ4n) is 2.24. The highest BCUT2D eigenvalue weighted by Crippen LogP contribution is 2.13. The van der Waals surface area contributed by atoms with Crippen LogP contribution in [0.25, 0.3) is 0 Å². The monoisotopic (exact) mass is 293 g/mol. The van der Waals surface area contributed by atoms with Crippen LogP contribution in [-0.4, -0.2) is 25.8 Å². The Kier molecular flexibility index (Phi) is 5.12. The molecule has 0 amide bonds. The Morgan fingerprint density at radius 1 is 1.10 bits per heavy atom. The van der Waals surface area contributed by atoms with Gasteiger partial charge in [-0.15, -0.1) is 0 Å². The van der Waals surface area contributed by atoms with Gasteiger partial charge < -0.3 is 0 Å². The molecule has 0 aromatic heterocycles. The van der Waals surface area contributed by atoms with Gasteiger partial charge in [0.05, 0.1) is 11.6 Å². The Morgan fingerprint density at radius 3 is 2.25 bits per heavy atom. The third kappa shape index (κ3) is 4.04. The van der Waals surface area contributed by atoms with Crippen LogP contribution >= 0.6 is 0 Å². The Labute approximate surface area is 120 Å².